The van der Waals surface area contributed by atoms with Crippen molar-refractivity contribution in [2.75, 3.05) is 39.3 Å². The minimum Gasteiger partial charge on any atom is -0.369 e. The molecule has 1 amide bonds. The molecule has 1 atom stereocenters. The van der Waals surface area contributed by atoms with Gasteiger partial charge in [-0.05, 0) is 18.1 Å². The number of ether oxygens (including phenoxy) is 1. The average Bonchev–Trinajstić information content (AvgIpc) is 2.77. The number of fused-ring (bicyclic) bond motifs is 1. The molecule has 170 valence electrons. The Morgan fingerprint density at radius 1 is 1.29 bits per heavy atom. The zero-order chi connectivity index (χ0) is 22.6. The smallest absolute Gasteiger partial charge is 0.282 e. The van der Waals surface area contributed by atoms with Crippen LogP contribution in [0, 0.1) is 5.92 Å². The number of pyridine rings is 1. The maximum Gasteiger partial charge on any atom is 0.282 e. The molecule has 0 saturated carbocycles. The number of benzene rings is 1. The fraction of sp³-hybridized carbons (Fsp3) is 0.545. The van der Waals surface area contributed by atoms with Crippen molar-refractivity contribution in [2.24, 2.45) is 5.92 Å². The third-order valence-electron chi connectivity index (χ3n) is 5.37. The second-order valence-corrected chi connectivity index (χ2v) is 9.95. The Balaban J connectivity index is 1.94. The molecule has 1 aliphatic heterocycles. The maximum absolute atomic E-state index is 13.0. The molecule has 8 nitrogen and oxygen atoms in total. The molecule has 2 aromatic rings. The number of nitrogens with one attached hydrogen (secondary N) is 1. The molecular formula is C22H32N4O4S. The predicted molar refractivity (Wildman–Crippen MR) is 121 cm³/mol. The normalized spacial score (nSPS) is 18.1. The first kappa shape index (κ1) is 23.6. The molecule has 1 unspecified atom stereocenters. The first-order chi connectivity index (χ1) is 14.8. The summed E-state index contributed by atoms with van der Waals surface area (Å²) in [7, 11) is -3.57. The van der Waals surface area contributed by atoms with Crippen molar-refractivity contribution in [2.45, 2.75) is 33.8 Å². The topological polar surface area (TPSA) is 91.8 Å². The van der Waals surface area contributed by atoms with Crippen LogP contribution in [0.5, 0.6) is 0 Å². The van der Waals surface area contributed by atoms with Crippen LogP contribution in [0.4, 0.5) is 0 Å². The Morgan fingerprint density at radius 2 is 2.00 bits per heavy atom. The number of aromatic nitrogens is 1. The molecule has 9 heteroatoms. The lowest BCUT2D eigenvalue weighted by Gasteiger charge is -2.35. The molecule has 1 N–H and O–H groups in total. The highest BCUT2D eigenvalue weighted by molar-refractivity contribution is 7.86. The molecule has 1 aromatic carbocycles. The summed E-state index contributed by atoms with van der Waals surface area (Å²) in [5.74, 6) is 0.161. The lowest BCUT2D eigenvalue weighted by Crippen LogP contribution is -2.49. The number of nitrogens with zero attached hydrogens (tertiary/aromatic N) is 3. The van der Waals surface area contributed by atoms with Crippen LogP contribution in [0.1, 0.15) is 49.9 Å². The van der Waals surface area contributed by atoms with Gasteiger partial charge in [-0.25, -0.2) is 4.98 Å². The van der Waals surface area contributed by atoms with Gasteiger partial charge in [-0.15, -0.1) is 0 Å². The Labute approximate surface area is 184 Å². The molecule has 0 radical (unpaired) electrons. The van der Waals surface area contributed by atoms with Crippen LogP contribution in [0.2, 0.25) is 0 Å². The molecule has 1 saturated heterocycles. The van der Waals surface area contributed by atoms with Crippen molar-refractivity contribution in [1.29, 1.82) is 0 Å². The highest BCUT2D eigenvalue weighted by Gasteiger charge is 2.34. The quantitative estimate of drug-likeness (QED) is 0.670. The van der Waals surface area contributed by atoms with E-state index in [0.717, 1.165) is 5.39 Å². The first-order valence-corrected chi connectivity index (χ1v) is 12.2. The molecule has 1 aromatic heterocycles. The summed E-state index contributed by atoms with van der Waals surface area (Å²) >= 11 is 0. The number of amides is 1. The average molecular weight is 449 g/mol. The van der Waals surface area contributed by atoms with E-state index in [9.17, 15) is 13.2 Å². The van der Waals surface area contributed by atoms with Crippen LogP contribution in [-0.4, -0.2) is 67.3 Å². The lowest BCUT2D eigenvalue weighted by atomic mass is 10.0. The number of hydrogen-bond donors (Lipinski definition) is 1. The van der Waals surface area contributed by atoms with Crippen molar-refractivity contribution in [1.82, 2.24) is 18.9 Å². The van der Waals surface area contributed by atoms with Gasteiger partial charge in [0.1, 0.15) is 6.10 Å². The van der Waals surface area contributed by atoms with Gasteiger partial charge in [0.25, 0.3) is 16.1 Å². The van der Waals surface area contributed by atoms with Gasteiger partial charge in [-0.3, -0.25) is 4.79 Å². The van der Waals surface area contributed by atoms with Gasteiger partial charge < -0.3 is 10.1 Å². The predicted octanol–water partition coefficient (Wildman–Crippen LogP) is 2.58. The highest BCUT2D eigenvalue weighted by atomic mass is 32.2. The Bertz CT molecular complexity index is 1020. The summed E-state index contributed by atoms with van der Waals surface area (Å²) in [6.45, 7) is 9.85. The molecule has 1 fully saturated rings. The van der Waals surface area contributed by atoms with Crippen molar-refractivity contribution in [3.05, 3.63) is 41.6 Å². The zero-order valence-corrected chi connectivity index (χ0v) is 19.5. The molecule has 3 rings (SSSR count). The van der Waals surface area contributed by atoms with Crippen LogP contribution in [0.15, 0.2) is 30.3 Å². The van der Waals surface area contributed by atoms with Gasteiger partial charge in [-0.2, -0.15) is 17.0 Å². The summed E-state index contributed by atoms with van der Waals surface area (Å²) < 4.78 is 34.7. The minimum atomic E-state index is -3.57. The molecule has 0 bridgehead atoms. The molecule has 31 heavy (non-hydrogen) atoms. The molecular weight excluding hydrogens is 416 g/mol. The number of hydrogen-bond acceptors (Lipinski definition) is 5. The van der Waals surface area contributed by atoms with Gasteiger partial charge in [0.2, 0.25) is 0 Å². The summed E-state index contributed by atoms with van der Waals surface area (Å²) in [6, 6.07) is 9.20. The van der Waals surface area contributed by atoms with E-state index in [-0.39, 0.29) is 19.1 Å². The van der Waals surface area contributed by atoms with Crippen LogP contribution in [-0.2, 0) is 14.9 Å². The van der Waals surface area contributed by atoms with E-state index in [4.69, 9.17) is 9.72 Å². The largest absolute Gasteiger partial charge is 0.369 e. The van der Waals surface area contributed by atoms with E-state index in [1.807, 2.05) is 52.0 Å². The second kappa shape index (κ2) is 10.0. The fourth-order valence-electron chi connectivity index (χ4n) is 3.67. The Morgan fingerprint density at radius 3 is 2.68 bits per heavy atom. The maximum atomic E-state index is 13.0. The van der Waals surface area contributed by atoms with Gasteiger partial charge >= 0.3 is 0 Å². The standard InChI is InChI=1S/C22H32N4O4S/c1-5-25(6-2)31(28,29)26-11-12-30-21(15-26)20-13-18(22(27)23-14-16(3)4)17-9-7-8-10-19(17)24-20/h7-10,13,16,21H,5-6,11-12,14-15H2,1-4H3,(H,23,27). The lowest BCUT2D eigenvalue weighted by molar-refractivity contribution is -0.00644. The first-order valence-electron chi connectivity index (χ1n) is 10.8. The monoisotopic (exact) mass is 448 g/mol. The molecule has 1 aliphatic rings. The molecule has 0 spiro atoms. The van der Waals surface area contributed by atoms with Crippen LogP contribution in [0.3, 0.4) is 0 Å². The second-order valence-electron chi connectivity index (χ2n) is 8.03. The number of para-hydroxylation sites is 1. The van der Waals surface area contributed by atoms with Crippen LogP contribution >= 0.6 is 0 Å². The van der Waals surface area contributed by atoms with Gasteiger partial charge in [-0.1, -0.05) is 45.9 Å². The van der Waals surface area contributed by atoms with Crippen LogP contribution in [0.25, 0.3) is 10.9 Å². The van der Waals surface area contributed by atoms with E-state index < -0.39 is 16.3 Å². The van der Waals surface area contributed by atoms with Gasteiger partial charge in [0.15, 0.2) is 0 Å². The SMILES string of the molecule is CCN(CC)S(=O)(=O)N1CCOC(c2cc(C(=O)NCC(C)C)c3ccccc3n2)C1. The van der Waals surface area contributed by atoms with Crippen LogP contribution < -0.4 is 5.32 Å². The van der Waals surface area contributed by atoms with E-state index in [0.29, 0.717) is 48.9 Å². The van der Waals surface area contributed by atoms with Crippen molar-refractivity contribution in [3.8, 4) is 0 Å². The summed E-state index contributed by atoms with van der Waals surface area (Å²) in [6.07, 6.45) is -0.541. The molecule has 2 heterocycles. The van der Waals surface area contributed by atoms with Crippen molar-refractivity contribution in [3.63, 3.8) is 0 Å². The summed E-state index contributed by atoms with van der Waals surface area (Å²) in [4.78, 5) is 17.6. The highest BCUT2D eigenvalue weighted by Crippen LogP contribution is 2.27. The number of carbonyl (C=O) groups is 1. The van der Waals surface area contributed by atoms with E-state index >= 15 is 0 Å². The van der Waals surface area contributed by atoms with E-state index in [1.54, 1.807) is 6.07 Å². The number of rotatable bonds is 8. The van der Waals surface area contributed by atoms with Crippen molar-refractivity contribution >= 4 is 27.0 Å². The Kier molecular flexibility index (Phi) is 7.64. The number of carbonyl (C=O) groups excluding carboxylic acids is 1. The van der Waals surface area contributed by atoms with Crippen molar-refractivity contribution < 1.29 is 17.9 Å². The summed E-state index contributed by atoms with van der Waals surface area (Å²) in [5, 5.41) is 3.72. The van der Waals surface area contributed by atoms with E-state index in [1.165, 1.54) is 8.61 Å². The van der Waals surface area contributed by atoms with Gasteiger partial charge in [0, 0.05) is 38.1 Å². The third-order valence-corrected chi connectivity index (χ3v) is 7.52. The van der Waals surface area contributed by atoms with Gasteiger partial charge in [0.05, 0.1) is 23.4 Å². The fourth-order valence-corrected chi connectivity index (χ4v) is 5.28. The number of morpholine rings is 1. The zero-order valence-electron chi connectivity index (χ0n) is 18.7. The third kappa shape index (κ3) is 5.23. The molecule has 0 aliphatic carbocycles. The van der Waals surface area contributed by atoms with E-state index in [2.05, 4.69) is 5.32 Å². The summed E-state index contributed by atoms with van der Waals surface area (Å²) in [5.41, 5.74) is 1.77. The minimum absolute atomic E-state index is 0.164. The Hall–Kier alpha value is -2.07.